The van der Waals surface area contributed by atoms with Gasteiger partial charge in [0, 0.05) is 0 Å². The first-order chi connectivity index (χ1) is 9.05. The molecule has 1 unspecified atom stereocenters. The largest absolute Gasteiger partial charge is 0.416 e. The lowest BCUT2D eigenvalue weighted by Crippen LogP contribution is -2.13. The van der Waals surface area contributed by atoms with E-state index in [-0.39, 0.29) is 18.1 Å². The van der Waals surface area contributed by atoms with Gasteiger partial charge in [0.2, 0.25) is 0 Å². The normalized spacial score (nSPS) is 14.4. The average molecular weight is 300 g/mol. The van der Waals surface area contributed by atoms with E-state index in [4.69, 9.17) is 0 Å². The van der Waals surface area contributed by atoms with Gasteiger partial charge in [-0.2, -0.15) is 26.3 Å². The van der Waals surface area contributed by atoms with Crippen LogP contribution in [0.1, 0.15) is 49.0 Å². The van der Waals surface area contributed by atoms with Crippen molar-refractivity contribution in [1.82, 2.24) is 0 Å². The van der Waals surface area contributed by atoms with Crippen LogP contribution in [0.3, 0.4) is 0 Å². The molecule has 0 aliphatic carbocycles. The van der Waals surface area contributed by atoms with Crippen molar-refractivity contribution in [3.63, 3.8) is 0 Å². The van der Waals surface area contributed by atoms with Crippen LogP contribution in [0.25, 0.3) is 0 Å². The summed E-state index contributed by atoms with van der Waals surface area (Å²) in [6, 6.07) is 1.18. The van der Waals surface area contributed by atoms with Gasteiger partial charge in [0.1, 0.15) is 0 Å². The van der Waals surface area contributed by atoms with Crippen molar-refractivity contribution in [3.8, 4) is 0 Å². The molecule has 20 heavy (non-hydrogen) atoms. The van der Waals surface area contributed by atoms with Gasteiger partial charge in [-0.1, -0.05) is 19.8 Å². The Morgan fingerprint density at radius 2 is 1.40 bits per heavy atom. The van der Waals surface area contributed by atoms with Crippen molar-refractivity contribution in [2.24, 2.45) is 0 Å². The topological polar surface area (TPSA) is 20.2 Å². The van der Waals surface area contributed by atoms with E-state index in [2.05, 4.69) is 0 Å². The fourth-order valence-corrected chi connectivity index (χ4v) is 1.74. The standard InChI is InChI=1S/C13H14F6O/c1-2-3-4-11(20)8-5-9(12(14,15)16)7-10(6-8)13(17,18)19/h5-7,11,20H,2-4H2,1H3. The van der Waals surface area contributed by atoms with Crippen LogP contribution in [-0.4, -0.2) is 5.11 Å². The maximum atomic E-state index is 12.6. The molecular weight excluding hydrogens is 286 g/mol. The summed E-state index contributed by atoms with van der Waals surface area (Å²) in [5.41, 5.74) is -3.17. The van der Waals surface area contributed by atoms with Gasteiger partial charge in [-0.15, -0.1) is 0 Å². The average Bonchev–Trinajstić information content (AvgIpc) is 2.33. The summed E-state index contributed by atoms with van der Waals surface area (Å²) in [6.07, 6.45) is -9.80. The number of benzene rings is 1. The second-order valence-corrected chi connectivity index (χ2v) is 4.50. The maximum Gasteiger partial charge on any atom is 0.416 e. The SMILES string of the molecule is CCCCC(O)c1cc(C(F)(F)F)cc(C(F)(F)F)c1. The molecular formula is C13H14F6O. The highest BCUT2D eigenvalue weighted by Gasteiger charge is 2.37. The smallest absolute Gasteiger partial charge is 0.388 e. The van der Waals surface area contributed by atoms with Gasteiger partial charge in [0.05, 0.1) is 17.2 Å². The Balaban J connectivity index is 3.24. The Labute approximate surface area is 112 Å². The van der Waals surface area contributed by atoms with Crippen molar-refractivity contribution in [2.75, 3.05) is 0 Å². The van der Waals surface area contributed by atoms with E-state index in [1.165, 1.54) is 0 Å². The molecule has 1 rings (SSSR count). The Morgan fingerprint density at radius 1 is 0.950 bits per heavy atom. The van der Waals surface area contributed by atoms with E-state index < -0.39 is 29.6 Å². The van der Waals surface area contributed by atoms with E-state index in [0.717, 1.165) is 0 Å². The molecule has 1 aromatic carbocycles. The summed E-state index contributed by atoms with van der Waals surface area (Å²) in [4.78, 5) is 0. The van der Waals surface area contributed by atoms with Crippen LogP contribution in [-0.2, 0) is 12.4 Å². The summed E-state index contributed by atoms with van der Waals surface area (Å²) in [5.74, 6) is 0. The van der Waals surface area contributed by atoms with Crippen LogP contribution in [0.2, 0.25) is 0 Å². The predicted molar refractivity (Wildman–Crippen MR) is 60.9 cm³/mol. The van der Waals surface area contributed by atoms with Gasteiger partial charge in [0.25, 0.3) is 0 Å². The molecule has 0 aliphatic heterocycles. The zero-order valence-corrected chi connectivity index (χ0v) is 10.6. The Morgan fingerprint density at radius 3 is 1.75 bits per heavy atom. The van der Waals surface area contributed by atoms with Crippen LogP contribution in [0.15, 0.2) is 18.2 Å². The number of hydrogen-bond donors (Lipinski definition) is 1. The van der Waals surface area contributed by atoms with Gasteiger partial charge in [0.15, 0.2) is 0 Å². The Kier molecular flexibility index (Phi) is 5.07. The van der Waals surface area contributed by atoms with Crippen LogP contribution in [0, 0.1) is 0 Å². The highest BCUT2D eigenvalue weighted by Crippen LogP contribution is 2.37. The number of rotatable bonds is 4. The van der Waals surface area contributed by atoms with E-state index in [9.17, 15) is 31.4 Å². The third-order valence-corrected chi connectivity index (χ3v) is 2.83. The Bertz CT molecular complexity index is 417. The fraction of sp³-hybridized carbons (Fsp3) is 0.538. The second-order valence-electron chi connectivity index (χ2n) is 4.50. The summed E-state index contributed by atoms with van der Waals surface area (Å²) in [7, 11) is 0. The molecule has 0 saturated heterocycles. The molecule has 1 aromatic rings. The molecule has 1 N–H and O–H groups in total. The highest BCUT2D eigenvalue weighted by atomic mass is 19.4. The predicted octanol–water partition coefficient (Wildman–Crippen LogP) is 4.95. The van der Waals surface area contributed by atoms with Crippen LogP contribution < -0.4 is 0 Å². The molecule has 114 valence electrons. The number of halogens is 6. The third-order valence-electron chi connectivity index (χ3n) is 2.83. The first kappa shape index (κ1) is 16.8. The minimum atomic E-state index is -4.89. The first-order valence-electron chi connectivity index (χ1n) is 6.03. The molecule has 0 fully saturated rings. The van der Waals surface area contributed by atoms with Crippen LogP contribution in [0.4, 0.5) is 26.3 Å². The minimum absolute atomic E-state index is 0.0516. The molecule has 7 heteroatoms. The molecule has 1 atom stereocenters. The second kappa shape index (κ2) is 6.03. The van der Waals surface area contributed by atoms with Crippen LogP contribution >= 0.6 is 0 Å². The maximum absolute atomic E-state index is 12.6. The molecule has 0 saturated carbocycles. The van der Waals surface area contributed by atoms with Crippen molar-refractivity contribution in [2.45, 2.75) is 44.6 Å². The number of hydrogen-bond acceptors (Lipinski definition) is 1. The van der Waals surface area contributed by atoms with Gasteiger partial charge in [-0.05, 0) is 30.2 Å². The lowest BCUT2D eigenvalue weighted by molar-refractivity contribution is -0.143. The van der Waals surface area contributed by atoms with Crippen molar-refractivity contribution in [1.29, 1.82) is 0 Å². The fourth-order valence-electron chi connectivity index (χ4n) is 1.74. The molecule has 0 aliphatic rings. The lowest BCUT2D eigenvalue weighted by Gasteiger charge is -2.17. The molecule has 0 bridgehead atoms. The summed E-state index contributed by atoms with van der Waals surface area (Å²) in [6.45, 7) is 1.81. The Hall–Kier alpha value is -1.24. The monoisotopic (exact) mass is 300 g/mol. The van der Waals surface area contributed by atoms with E-state index in [1.54, 1.807) is 6.92 Å². The van der Waals surface area contributed by atoms with Gasteiger partial charge in [-0.3, -0.25) is 0 Å². The van der Waals surface area contributed by atoms with E-state index in [1.807, 2.05) is 0 Å². The lowest BCUT2D eigenvalue weighted by atomic mass is 9.98. The first-order valence-corrected chi connectivity index (χ1v) is 6.03. The molecule has 0 spiro atoms. The number of alkyl halides is 6. The van der Waals surface area contributed by atoms with Crippen molar-refractivity contribution in [3.05, 3.63) is 34.9 Å². The van der Waals surface area contributed by atoms with E-state index >= 15 is 0 Å². The number of unbranched alkanes of at least 4 members (excludes halogenated alkanes) is 1. The quantitative estimate of drug-likeness (QED) is 0.780. The highest BCUT2D eigenvalue weighted by molar-refractivity contribution is 5.34. The summed E-state index contributed by atoms with van der Waals surface area (Å²) < 4.78 is 75.6. The van der Waals surface area contributed by atoms with Gasteiger partial charge >= 0.3 is 12.4 Å². The third kappa shape index (κ3) is 4.40. The number of aliphatic hydroxyl groups is 1. The summed E-state index contributed by atoms with van der Waals surface area (Å²) in [5, 5.41) is 9.70. The summed E-state index contributed by atoms with van der Waals surface area (Å²) >= 11 is 0. The number of aliphatic hydroxyl groups excluding tert-OH is 1. The van der Waals surface area contributed by atoms with Gasteiger partial charge in [-0.25, -0.2) is 0 Å². The van der Waals surface area contributed by atoms with Crippen LogP contribution in [0.5, 0.6) is 0 Å². The van der Waals surface area contributed by atoms with Gasteiger partial charge < -0.3 is 5.11 Å². The van der Waals surface area contributed by atoms with Crippen molar-refractivity contribution < 1.29 is 31.4 Å². The molecule has 1 nitrogen and oxygen atoms in total. The molecule has 0 radical (unpaired) electrons. The molecule has 0 heterocycles. The zero-order chi connectivity index (χ0) is 15.6. The molecule has 0 aromatic heterocycles. The zero-order valence-electron chi connectivity index (χ0n) is 10.6. The van der Waals surface area contributed by atoms with Crippen molar-refractivity contribution >= 4 is 0 Å². The minimum Gasteiger partial charge on any atom is -0.388 e. The van der Waals surface area contributed by atoms with E-state index in [0.29, 0.717) is 25.0 Å². The molecule has 0 amide bonds.